The molecule has 2 rings (SSSR count). The fourth-order valence-electron chi connectivity index (χ4n) is 2.16. The van der Waals surface area contributed by atoms with Crippen LogP contribution >= 0.6 is 0 Å². The molecule has 1 aromatic carbocycles. The molecule has 0 fully saturated rings. The molecule has 0 atom stereocenters. The molecule has 0 aliphatic carbocycles. The molecule has 0 bridgehead atoms. The highest BCUT2D eigenvalue weighted by Crippen LogP contribution is 2.37. The van der Waals surface area contributed by atoms with Gasteiger partial charge in [-0.2, -0.15) is 0 Å². The molecule has 0 aliphatic heterocycles. The molecule has 0 radical (unpaired) electrons. The van der Waals surface area contributed by atoms with Crippen molar-refractivity contribution in [2.75, 3.05) is 19.5 Å². The molecule has 2 aromatic rings. The van der Waals surface area contributed by atoms with Crippen LogP contribution in [0.15, 0.2) is 18.2 Å². The summed E-state index contributed by atoms with van der Waals surface area (Å²) >= 11 is 0. The van der Waals surface area contributed by atoms with Crippen molar-refractivity contribution in [1.29, 1.82) is 0 Å². The average Bonchev–Trinajstić information content (AvgIpc) is 2.72. The van der Waals surface area contributed by atoms with E-state index in [-0.39, 0.29) is 5.69 Å². The third-order valence-electron chi connectivity index (χ3n) is 2.99. The highest BCUT2D eigenvalue weighted by atomic mass is 16.5. The van der Waals surface area contributed by atoms with Crippen molar-refractivity contribution in [2.24, 2.45) is 7.05 Å². The van der Waals surface area contributed by atoms with E-state index in [2.05, 4.69) is 5.32 Å². The number of rotatable bonds is 4. The first-order chi connectivity index (χ1) is 9.15. The van der Waals surface area contributed by atoms with E-state index in [1.807, 2.05) is 12.1 Å². The van der Waals surface area contributed by atoms with Crippen molar-refractivity contribution in [3.05, 3.63) is 23.9 Å². The number of nitrogens with zero attached hydrogens (tertiary/aromatic N) is 1. The predicted molar refractivity (Wildman–Crippen MR) is 70.5 cm³/mol. The minimum Gasteiger partial charge on any atom is -0.496 e. The molecular formula is C13H14N2O4. The molecule has 1 aromatic heterocycles. The van der Waals surface area contributed by atoms with Gasteiger partial charge in [0, 0.05) is 7.05 Å². The lowest BCUT2D eigenvalue weighted by atomic mass is 10.2. The van der Waals surface area contributed by atoms with E-state index in [0.29, 0.717) is 23.2 Å². The van der Waals surface area contributed by atoms with Gasteiger partial charge in [-0.3, -0.25) is 4.79 Å². The number of methoxy groups -OCH3 is 2. The van der Waals surface area contributed by atoms with Crippen LogP contribution < -0.4 is 10.1 Å². The van der Waals surface area contributed by atoms with Gasteiger partial charge in [0.05, 0.1) is 30.8 Å². The van der Waals surface area contributed by atoms with Gasteiger partial charge in [-0.1, -0.05) is 6.07 Å². The molecule has 0 aliphatic rings. The second kappa shape index (κ2) is 5.01. The number of ether oxygens (including phenoxy) is 2. The Hall–Kier alpha value is -2.50. The van der Waals surface area contributed by atoms with Crippen LogP contribution in [0.25, 0.3) is 10.9 Å². The van der Waals surface area contributed by atoms with E-state index < -0.39 is 5.97 Å². The Morgan fingerprint density at radius 3 is 2.68 bits per heavy atom. The number of amides is 1. The number of hydrogen-bond donors (Lipinski definition) is 1. The van der Waals surface area contributed by atoms with Crippen LogP contribution in [0.1, 0.15) is 10.5 Å². The molecule has 1 heterocycles. The van der Waals surface area contributed by atoms with Crippen molar-refractivity contribution < 1.29 is 19.1 Å². The van der Waals surface area contributed by atoms with Gasteiger partial charge in [-0.15, -0.1) is 0 Å². The Labute approximate surface area is 109 Å². The number of nitrogens with one attached hydrogen (secondary N) is 1. The van der Waals surface area contributed by atoms with Gasteiger partial charge in [-0.05, 0) is 12.1 Å². The summed E-state index contributed by atoms with van der Waals surface area (Å²) in [5, 5.41) is 3.21. The van der Waals surface area contributed by atoms with Gasteiger partial charge in [0.25, 0.3) is 0 Å². The van der Waals surface area contributed by atoms with E-state index in [9.17, 15) is 9.59 Å². The zero-order valence-corrected chi connectivity index (χ0v) is 10.9. The second-order valence-electron chi connectivity index (χ2n) is 3.89. The average molecular weight is 262 g/mol. The molecule has 0 saturated carbocycles. The first kappa shape index (κ1) is 12.9. The molecule has 0 saturated heterocycles. The van der Waals surface area contributed by atoms with Gasteiger partial charge in [0.15, 0.2) is 5.69 Å². The SMILES string of the molecule is COC(=O)c1c(NC=O)c2c(OC)cccc2n1C. The minimum atomic E-state index is -0.523. The number of aryl methyl sites for hydroxylation is 1. The summed E-state index contributed by atoms with van der Waals surface area (Å²) in [4.78, 5) is 22.6. The molecule has 6 heteroatoms. The van der Waals surface area contributed by atoms with Gasteiger partial charge >= 0.3 is 5.97 Å². The zero-order valence-electron chi connectivity index (χ0n) is 10.9. The van der Waals surface area contributed by atoms with Gasteiger partial charge in [0.1, 0.15) is 5.75 Å². The maximum Gasteiger partial charge on any atom is 0.356 e. The van der Waals surface area contributed by atoms with Crippen molar-refractivity contribution in [3.8, 4) is 5.75 Å². The number of esters is 1. The standard InChI is InChI=1S/C13H14N2O4/c1-15-8-5-4-6-9(18-2)10(8)11(14-7-16)12(15)13(17)19-3/h4-7H,1-3H3,(H,14,16). The van der Waals surface area contributed by atoms with Crippen LogP contribution in [0.2, 0.25) is 0 Å². The number of hydrogen-bond acceptors (Lipinski definition) is 4. The molecule has 19 heavy (non-hydrogen) atoms. The van der Waals surface area contributed by atoms with E-state index in [1.54, 1.807) is 17.7 Å². The van der Waals surface area contributed by atoms with E-state index in [1.165, 1.54) is 14.2 Å². The van der Waals surface area contributed by atoms with Crippen LogP contribution in [0.3, 0.4) is 0 Å². The summed E-state index contributed by atoms with van der Waals surface area (Å²) in [6.07, 6.45) is 0.521. The number of benzene rings is 1. The molecule has 0 unspecified atom stereocenters. The van der Waals surface area contributed by atoms with Gasteiger partial charge < -0.3 is 19.4 Å². The second-order valence-corrected chi connectivity index (χ2v) is 3.89. The van der Waals surface area contributed by atoms with E-state index >= 15 is 0 Å². The quantitative estimate of drug-likeness (QED) is 0.670. The normalized spacial score (nSPS) is 10.3. The minimum absolute atomic E-state index is 0.272. The van der Waals surface area contributed by atoms with E-state index in [0.717, 1.165) is 5.52 Å². The first-order valence-corrected chi connectivity index (χ1v) is 5.59. The number of carbonyl (C=O) groups is 2. The number of fused-ring (bicyclic) bond motifs is 1. The van der Waals surface area contributed by atoms with Crippen LogP contribution in [-0.4, -0.2) is 31.2 Å². The lowest BCUT2D eigenvalue weighted by molar-refractivity contribution is -0.105. The maximum atomic E-state index is 11.9. The van der Waals surface area contributed by atoms with Crippen molar-refractivity contribution in [2.45, 2.75) is 0 Å². The number of anilines is 1. The zero-order chi connectivity index (χ0) is 14.0. The van der Waals surface area contributed by atoms with E-state index in [4.69, 9.17) is 9.47 Å². The fourth-order valence-corrected chi connectivity index (χ4v) is 2.16. The molecule has 1 amide bonds. The Morgan fingerprint density at radius 2 is 2.11 bits per heavy atom. The smallest absolute Gasteiger partial charge is 0.356 e. The monoisotopic (exact) mass is 262 g/mol. The topological polar surface area (TPSA) is 69.6 Å². The third-order valence-corrected chi connectivity index (χ3v) is 2.99. The lowest BCUT2D eigenvalue weighted by Gasteiger charge is -2.04. The van der Waals surface area contributed by atoms with Crippen LogP contribution in [0.5, 0.6) is 5.75 Å². The predicted octanol–water partition coefficient (Wildman–Crippen LogP) is 1.54. The maximum absolute atomic E-state index is 11.9. The Bertz CT molecular complexity index is 646. The lowest BCUT2D eigenvalue weighted by Crippen LogP contribution is -2.10. The Kier molecular flexibility index (Phi) is 3.41. The van der Waals surface area contributed by atoms with Crippen LogP contribution in [-0.2, 0) is 16.6 Å². The largest absolute Gasteiger partial charge is 0.496 e. The molecule has 0 spiro atoms. The summed E-state index contributed by atoms with van der Waals surface area (Å²) in [6.45, 7) is 0. The summed E-state index contributed by atoms with van der Waals surface area (Å²) in [7, 11) is 4.55. The van der Waals surface area contributed by atoms with Crippen LogP contribution in [0, 0.1) is 0 Å². The van der Waals surface area contributed by atoms with Crippen molar-refractivity contribution >= 4 is 29.0 Å². The molecule has 6 nitrogen and oxygen atoms in total. The molecule has 1 N–H and O–H groups in total. The van der Waals surface area contributed by atoms with Crippen molar-refractivity contribution in [3.63, 3.8) is 0 Å². The van der Waals surface area contributed by atoms with Crippen molar-refractivity contribution in [1.82, 2.24) is 4.57 Å². The molecular weight excluding hydrogens is 248 g/mol. The number of aromatic nitrogens is 1. The fraction of sp³-hybridized carbons (Fsp3) is 0.231. The van der Waals surface area contributed by atoms with Gasteiger partial charge in [-0.25, -0.2) is 4.79 Å². The Balaban J connectivity index is 2.87. The first-order valence-electron chi connectivity index (χ1n) is 5.59. The third kappa shape index (κ3) is 1.91. The highest BCUT2D eigenvalue weighted by molar-refractivity contribution is 6.11. The molecule has 100 valence electrons. The summed E-state index contributed by atoms with van der Waals surface area (Å²) in [5.74, 6) is 0.0534. The van der Waals surface area contributed by atoms with Gasteiger partial charge in [0.2, 0.25) is 6.41 Å². The highest BCUT2D eigenvalue weighted by Gasteiger charge is 2.23. The van der Waals surface area contributed by atoms with Crippen LogP contribution in [0.4, 0.5) is 5.69 Å². The Morgan fingerprint density at radius 1 is 1.37 bits per heavy atom. The summed E-state index contributed by atoms with van der Waals surface area (Å²) in [5.41, 5.74) is 1.43. The summed E-state index contributed by atoms with van der Waals surface area (Å²) in [6, 6.07) is 5.41. The summed E-state index contributed by atoms with van der Waals surface area (Å²) < 4.78 is 11.7. The number of carbonyl (C=O) groups excluding carboxylic acids is 2.